The number of carbonyl (C=O) groups excluding carboxylic acids is 3. The minimum atomic E-state index is -1.28. The van der Waals surface area contributed by atoms with Gasteiger partial charge in [0.2, 0.25) is 11.8 Å². The largest absolute Gasteiger partial charge is 0.545 e. The van der Waals surface area contributed by atoms with Crippen LogP contribution in [-0.4, -0.2) is 34.5 Å². The topological polar surface area (TPSA) is 77.5 Å². The molecule has 0 spiro atoms. The number of carboxylic acids is 1. The molecule has 100 valence electrons. The lowest BCUT2D eigenvalue weighted by molar-refractivity contribution is -0.255. The van der Waals surface area contributed by atoms with Crippen LogP contribution in [0.5, 0.6) is 0 Å². The van der Waals surface area contributed by atoms with Gasteiger partial charge in [-0.3, -0.25) is 14.5 Å². The Balaban J connectivity index is 2.21. The molecule has 1 aliphatic rings. The van der Waals surface area contributed by atoms with E-state index in [0.717, 1.165) is 11.8 Å². The van der Waals surface area contributed by atoms with Crippen molar-refractivity contribution in [2.45, 2.75) is 23.5 Å². The summed E-state index contributed by atoms with van der Waals surface area (Å²) in [6, 6.07) is 6.32. The van der Waals surface area contributed by atoms with Crippen LogP contribution in [0, 0.1) is 0 Å². The summed E-state index contributed by atoms with van der Waals surface area (Å²) in [6.45, 7) is 2.08. The third-order valence-electron chi connectivity index (χ3n) is 2.89. The third-order valence-corrected chi connectivity index (χ3v) is 4.16. The van der Waals surface area contributed by atoms with Crippen LogP contribution in [0.3, 0.4) is 0 Å². The van der Waals surface area contributed by atoms with Crippen LogP contribution in [0.1, 0.15) is 23.7 Å². The predicted octanol–water partition coefficient (Wildman–Crippen LogP) is 0.290. The maximum atomic E-state index is 12.0. The van der Waals surface area contributed by atoms with Crippen LogP contribution in [0.2, 0.25) is 0 Å². The number of nitrogens with zero attached hydrogens (tertiary/aromatic N) is 1. The first-order valence-electron chi connectivity index (χ1n) is 5.85. The van der Waals surface area contributed by atoms with Gasteiger partial charge in [-0.15, -0.1) is 11.8 Å². The smallest absolute Gasteiger partial charge is 0.243 e. The number of carboxylic acid groups (broad SMARTS) is 1. The predicted molar refractivity (Wildman–Crippen MR) is 67.4 cm³/mol. The molecule has 1 aromatic rings. The van der Waals surface area contributed by atoms with E-state index in [1.54, 1.807) is 25.1 Å². The fraction of sp³-hybridized carbons (Fsp3) is 0.308. The highest BCUT2D eigenvalue weighted by molar-refractivity contribution is 8.00. The zero-order chi connectivity index (χ0) is 14.0. The van der Waals surface area contributed by atoms with E-state index in [2.05, 4.69) is 0 Å². The molecule has 1 atom stereocenters. The van der Waals surface area contributed by atoms with Gasteiger partial charge in [0.05, 0.1) is 11.2 Å². The van der Waals surface area contributed by atoms with Gasteiger partial charge in [0.25, 0.3) is 0 Å². The van der Waals surface area contributed by atoms with Gasteiger partial charge < -0.3 is 9.90 Å². The van der Waals surface area contributed by atoms with E-state index < -0.39 is 11.2 Å². The molecule has 0 bridgehead atoms. The van der Waals surface area contributed by atoms with Crippen LogP contribution < -0.4 is 5.11 Å². The molecule has 0 saturated carbocycles. The number of aromatic carboxylic acids is 1. The van der Waals surface area contributed by atoms with Gasteiger partial charge in [0, 0.05) is 23.4 Å². The molecule has 1 heterocycles. The molecule has 0 aromatic heterocycles. The van der Waals surface area contributed by atoms with Gasteiger partial charge in [-0.25, -0.2) is 0 Å². The molecule has 0 N–H and O–H groups in total. The average molecular weight is 278 g/mol. The lowest BCUT2D eigenvalue weighted by Crippen LogP contribution is -2.31. The standard InChI is InChI=1S/C13H13NO4S/c1-2-14-11(15)7-10(12(14)16)19-9-6-4-3-5-8(9)13(17)18/h3-6,10H,2,7H2,1H3,(H,17,18)/p-1. The Labute approximate surface area is 114 Å². The number of thioether (sulfide) groups is 1. The number of hydrogen-bond acceptors (Lipinski definition) is 5. The lowest BCUT2D eigenvalue weighted by atomic mass is 10.2. The van der Waals surface area contributed by atoms with Gasteiger partial charge in [-0.05, 0) is 13.0 Å². The second kappa shape index (κ2) is 5.44. The molecule has 1 unspecified atom stereocenters. The Morgan fingerprint density at radius 2 is 2.11 bits per heavy atom. The van der Waals surface area contributed by atoms with E-state index in [0.29, 0.717) is 11.4 Å². The first-order valence-corrected chi connectivity index (χ1v) is 6.73. The van der Waals surface area contributed by atoms with E-state index >= 15 is 0 Å². The molecule has 6 heteroatoms. The summed E-state index contributed by atoms with van der Waals surface area (Å²) in [4.78, 5) is 36.2. The minimum absolute atomic E-state index is 0.0442. The van der Waals surface area contributed by atoms with Crippen molar-refractivity contribution in [2.75, 3.05) is 6.54 Å². The fourth-order valence-electron chi connectivity index (χ4n) is 1.97. The summed E-state index contributed by atoms with van der Waals surface area (Å²) in [7, 11) is 0. The van der Waals surface area contributed by atoms with Crippen molar-refractivity contribution in [3.05, 3.63) is 29.8 Å². The molecule has 1 saturated heterocycles. The molecule has 1 fully saturated rings. The van der Waals surface area contributed by atoms with Crippen LogP contribution >= 0.6 is 11.8 Å². The van der Waals surface area contributed by atoms with Crippen molar-refractivity contribution in [3.63, 3.8) is 0 Å². The molecule has 0 radical (unpaired) electrons. The van der Waals surface area contributed by atoms with Crippen molar-refractivity contribution < 1.29 is 19.5 Å². The molecule has 2 rings (SSSR count). The van der Waals surface area contributed by atoms with Gasteiger partial charge in [-0.1, -0.05) is 18.2 Å². The number of hydrogen-bond donors (Lipinski definition) is 0. The quantitative estimate of drug-likeness (QED) is 0.740. The minimum Gasteiger partial charge on any atom is -0.545 e. The maximum absolute atomic E-state index is 12.0. The Hall–Kier alpha value is -1.82. The Kier molecular flexibility index (Phi) is 3.90. The summed E-state index contributed by atoms with van der Waals surface area (Å²) in [5.74, 6) is -1.76. The normalized spacial score (nSPS) is 19.0. The monoisotopic (exact) mass is 278 g/mol. The SMILES string of the molecule is CCN1C(=O)CC(Sc2ccccc2C(=O)[O-])C1=O. The molecule has 5 nitrogen and oxygen atoms in total. The Bertz CT molecular complexity index is 543. The number of rotatable bonds is 4. The summed E-state index contributed by atoms with van der Waals surface area (Å²) < 4.78 is 0. The highest BCUT2D eigenvalue weighted by atomic mass is 32.2. The van der Waals surface area contributed by atoms with E-state index in [9.17, 15) is 19.5 Å². The summed E-state index contributed by atoms with van der Waals surface area (Å²) in [5, 5.41) is 10.4. The Morgan fingerprint density at radius 3 is 2.68 bits per heavy atom. The van der Waals surface area contributed by atoms with E-state index in [1.807, 2.05) is 0 Å². The number of carbonyl (C=O) groups is 3. The number of benzene rings is 1. The molecule has 19 heavy (non-hydrogen) atoms. The van der Waals surface area contributed by atoms with E-state index in [4.69, 9.17) is 0 Å². The van der Waals surface area contributed by atoms with Gasteiger partial charge in [0.1, 0.15) is 0 Å². The van der Waals surface area contributed by atoms with Crippen LogP contribution in [0.15, 0.2) is 29.2 Å². The highest BCUT2D eigenvalue weighted by Gasteiger charge is 2.38. The third kappa shape index (κ3) is 2.63. The van der Waals surface area contributed by atoms with Crippen LogP contribution in [0.25, 0.3) is 0 Å². The molecule has 2 amide bonds. The van der Waals surface area contributed by atoms with Crippen molar-refractivity contribution in [1.82, 2.24) is 4.90 Å². The second-order valence-corrected chi connectivity index (χ2v) is 5.32. The number of amides is 2. The zero-order valence-electron chi connectivity index (χ0n) is 10.3. The number of likely N-dealkylation sites (tertiary alicyclic amines) is 1. The average Bonchev–Trinajstić information content (AvgIpc) is 2.64. The summed E-state index contributed by atoms with van der Waals surface area (Å²) in [5.41, 5.74) is 0.0442. The van der Waals surface area contributed by atoms with Gasteiger partial charge >= 0.3 is 0 Å². The van der Waals surface area contributed by atoms with Crippen LogP contribution in [-0.2, 0) is 9.59 Å². The molecule has 1 aromatic carbocycles. The summed E-state index contributed by atoms with van der Waals surface area (Å²) >= 11 is 1.10. The molecular weight excluding hydrogens is 266 g/mol. The lowest BCUT2D eigenvalue weighted by Gasteiger charge is -2.14. The van der Waals surface area contributed by atoms with Crippen molar-refractivity contribution in [2.24, 2.45) is 0 Å². The fourth-order valence-corrected chi connectivity index (χ4v) is 3.16. The first-order chi connectivity index (χ1) is 9.04. The van der Waals surface area contributed by atoms with Gasteiger partial charge in [-0.2, -0.15) is 0 Å². The van der Waals surface area contributed by atoms with Gasteiger partial charge in [0.15, 0.2) is 0 Å². The highest BCUT2D eigenvalue weighted by Crippen LogP contribution is 2.33. The van der Waals surface area contributed by atoms with Crippen molar-refractivity contribution in [1.29, 1.82) is 0 Å². The molecular formula is C13H12NO4S-. The maximum Gasteiger partial charge on any atom is 0.243 e. The first kappa shape index (κ1) is 13.6. The number of imide groups is 1. The zero-order valence-corrected chi connectivity index (χ0v) is 11.1. The van der Waals surface area contributed by atoms with E-state index in [1.165, 1.54) is 11.0 Å². The Morgan fingerprint density at radius 1 is 1.42 bits per heavy atom. The van der Waals surface area contributed by atoms with E-state index in [-0.39, 0.29) is 23.8 Å². The van der Waals surface area contributed by atoms with Crippen molar-refractivity contribution in [3.8, 4) is 0 Å². The van der Waals surface area contributed by atoms with Crippen molar-refractivity contribution >= 4 is 29.5 Å². The second-order valence-electron chi connectivity index (χ2n) is 4.07. The molecule has 0 aliphatic carbocycles. The van der Waals surface area contributed by atoms with Crippen LogP contribution in [0.4, 0.5) is 0 Å². The molecule has 1 aliphatic heterocycles. The summed E-state index contributed by atoms with van der Waals surface area (Å²) in [6.07, 6.45) is 0.110.